The van der Waals surface area contributed by atoms with Crippen molar-refractivity contribution < 1.29 is 9.72 Å². The molecule has 1 heterocycles. The average Bonchev–Trinajstić information content (AvgIpc) is 3.31. The van der Waals surface area contributed by atoms with Crippen LogP contribution in [0.4, 0.5) is 5.69 Å². The van der Waals surface area contributed by atoms with Gasteiger partial charge in [-0.2, -0.15) is 0 Å². The zero-order chi connectivity index (χ0) is 15.0. The number of nitrogens with zero attached hydrogens (tertiary/aromatic N) is 2. The Bertz CT molecular complexity index is 773. The van der Waals surface area contributed by atoms with Crippen LogP contribution in [-0.2, 0) is 0 Å². The highest BCUT2D eigenvalue weighted by atomic mass is 16.6. The largest absolute Gasteiger partial charge is 0.305 e. The average molecular weight is 284 g/mol. The highest BCUT2D eigenvalue weighted by molar-refractivity contribution is 5.75. The minimum absolute atomic E-state index is 0.00332. The number of hydrogen-bond acceptors (Lipinski definition) is 4. The van der Waals surface area contributed by atoms with Crippen molar-refractivity contribution in [3.63, 3.8) is 0 Å². The molecular formula is C15H12N2O4. The second-order valence-electron chi connectivity index (χ2n) is 5.00. The van der Waals surface area contributed by atoms with Gasteiger partial charge in [0.2, 0.25) is 0 Å². The maximum Gasteiger partial charge on any atom is 0.269 e. The first kappa shape index (κ1) is 13.2. The van der Waals surface area contributed by atoms with Crippen LogP contribution in [0.3, 0.4) is 0 Å². The number of aldehydes is 1. The molecule has 1 saturated carbocycles. The fourth-order valence-corrected chi connectivity index (χ4v) is 2.34. The van der Waals surface area contributed by atoms with Crippen LogP contribution in [0.2, 0.25) is 0 Å². The van der Waals surface area contributed by atoms with E-state index in [-0.39, 0.29) is 22.9 Å². The third-order valence-electron chi connectivity index (χ3n) is 3.56. The number of pyridine rings is 1. The van der Waals surface area contributed by atoms with Crippen molar-refractivity contribution in [2.75, 3.05) is 0 Å². The Hall–Kier alpha value is -2.76. The van der Waals surface area contributed by atoms with Crippen LogP contribution in [0.1, 0.15) is 29.2 Å². The standard InChI is InChI=1S/C15H12N2O4/c18-9-11-3-8-14(16(15(11)19)12-6-7-12)10-1-4-13(5-2-10)17(20)21/h1-5,8-9,12H,6-7H2. The van der Waals surface area contributed by atoms with E-state index in [1.54, 1.807) is 22.8 Å². The van der Waals surface area contributed by atoms with Gasteiger partial charge < -0.3 is 4.57 Å². The van der Waals surface area contributed by atoms with Crippen molar-refractivity contribution >= 4 is 12.0 Å². The molecule has 3 rings (SSSR count). The maximum absolute atomic E-state index is 12.3. The van der Waals surface area contributed by atoms with Crippen molar-refractivity contribution in [1.82, 2.24) is 4.57 Å². The Morgan fingerprint density at radius 2 is 1.81 bits per heavy atom. The van der Waals surface area contributed by atoms with Gasteiger partial charge in [0.05, 0.1) is 16.2 Å². The van der Waals surface area contributed by atoms with Crippen molar-refractivity contribution in [1.29, 1.82) is 0 Å². The molecule has 1 aromatic heterocycles. The maximum atomic E-state index is 12.3. The van der Waals surface area contributed by atoms with Gasteiger partial charge in [-0.25, -0.2) is 0 Å². The summed E-state index contributed by atoms with van der Waals surface area (Å²) >= 11 is 0. The van der Waals surface area contributed by atoms with E-state index < -0.39 is 4.92 Å². The quantitative estimate of drug-likeness (QED) is 0.491. The lowest BCUT2D eigenvalue weighted by molar-refractivity contribution is -0.384. The summed E-state index contributed by atoms with van der Waals surface area (Å²) in [4.78, 5) is 33.4. The summed E-state index contributed by atoms with van der Waals surface area (Å²) in [6, 6.07) is 9.37. The fourth-order valence-electron chi connectivity index (χ4n) is 2.34. The Balaban J connectivity index is 2.13. The molecule has 0 radical (unpaired) electrons. The van der Waals surface area contributed by atoms with E-state index >= 15 is 0 Å². The summed E-state index contributed by atoms with van der Waals surface area (Å²) in [5.41, 5.74) is 1.24. The predicted molar refractivity (Wildman–Crippen MR) is 76.5 cm³/mol. The number of benzene rings is 1. The fraction of sp³-hybridized carbons (Fsp3) is 0.200. The monoisotopic (exact) mass is 284 g/mol. The number of carbonyl (C=O) groups excluding carboxylic acids is 1. The molecule has 1 aromatic carbocycles. The van der Waals surface area contributed by atoms with E-state index in [0.717, 1.165) is 18.4 Å². The molecule has 21 heavy (non-hydrogen) atoms. The molecule has 0 spiro atoms. The smallest absolute Gasteiger partial charge is 0.269 e. The number of nitro benzene ring substituents is 1. The van der Waals surface area contributed by atoms with E-state index in [4.69, 9.17) is 0 Å². The number of nitro groups is 1. The lowest BCUT2D eigenvalue weighted by Crippen LogP contribution is -2.24. The van der Waals surface area contributed by atoms with Crippen LogP contribution in [0.5, 0.6) is 0 Å². The van der Waals surface area contributed by atoms with Gasteiger partial charge in [-0.05, 0) is 42.7 Å². The first-order valence-electron chi connectivity index (χ1n) is 6.57. The van der Waals surface area contributed by atoms with E-state index in [1.165, 1.54) is 18.2 Å². The van der Waals surface area contributed by atoms with Crippen LogP contribution < -0.4 is 5.56 Å². The van der Waals surface area contributed by atoms with Crippen LogP contribution in [-0.4, -0.2) is 15.8 Å². The van der Waals surface area contributed by atoms with Crippen LogP contribution in [0.15, 0.2) is 41.2 Å². The molecule has 0 amide bonds. The highest BCUT2D eigenvalue weighted by Crippen LogP contribution is 2.37. The van der Waals surface area contributed by atoms with Crippen LogP contribution in [0, 0.1) is 10.1 Å². The number of aromatic nitrogens is 1. The van der Waals surface area contributed by atoms with Crippen molar-refractivity contribution in [2.24, 2.45) is 0 Å². The third kappa shape index (κ3) is 2.35. The van der Waals surface area contributed by atoms with Gasteiger partial charge in [-0.1, -0.05) is 0 Å². The minimum Gasteiger partial charge on any atom is -0.305 e. The van der Waals surface area contributed by atoms with Crippen molar-refractivity contribution in [2.45, 2.75) is 18.9 Å². The summed E-state index contributed by atoms with van der Waals surface area (Å²) in [5, 5.41) is 10.7. The molecule has 1 aliphatic rings. The second kappa shape index (κ2) is 4.97. The molecule has 1 fully saturated rings. The molecule has 0 aliphatic heterocycles. The first-order chi connectivity index (χ1) is 10.1. The topological polar surface area (TPSA) is 82.2 Å². The molecule has 2 aromatic rings. The molecule has 106 valence electrons. The number of non-ortho nitro benzene ring substituents is 1. The molecule has 6 heteroatoms. The van der Waals surface area contributed by atoms with Gasteiger partial charge in [0.1, 0.15) is 0 Å². The second-order valence-corrected chi connectivity index (χ2v) is 5.00. The van der Waals surface area contributed by atoms with Gasteiger partial charge in [-0.3, -0.25) is 19.7 Å². The summed E-state index contributed by atoms with van der Waals surface area (Å²) in [6.07, 6.45) is 2.37. The number of hydrogen-bond donors (Lipinski definition) is 0. The lowest BCUT2D eigenvalue weighted by atomic mass is 10.1. The van der Waals surface area contributed by atoms with Gasteiger partial charge in [0, 0.05) is 18.2 Å². The summed E-state index contributed by atoms with van der Waals surface area (Å²) in [7, 11) is 0. The lowest BCUT2D eigenvalue weighted by Gasteiger charge is -2.12. The van der Waals surface area contributed by atoms with E-state index in [1.807, 2.05) is 0 Å². The van der Waals surface area contributed by atoms with Crippen molar-refractivity contribution in [3.8, 4) is 11.3 Å². The summed E-state index contributed by atoms with van der Waals surface area (Å²) < 4.78 is 1.62. The third-order valence-corrected chi connectivity index (χ3v) is 3.56. The Labute approximate surface area is 119 Å². The van der Waals surface area contributed by atoms with Gasteiger partial charge >= 0.3 is 0 Å². The molecule has 0 atom stereocenters. The zero-order valence-electron chi connectivity index (χ0n) is 11.1. The van der Waals surface area contributed by atoms with E-state index in [0.29, 0.717) is 12.0 Å². The summed E-state index contributed by atoms with van der Waals surface area (Å²) in [6.45, 7) is 0. The van der Waals surface area contributed by atoms with E-state index in [9.17, 15) is 19.7 Å². The van der Waals surface area contributed by atoms with Crippen LogP contribution in [0.25, 0.3) is 11.3 Å². The predicted octanol–water partition coefficient (Wildman–Crippen LogP) is 2.57. The van der Waals surface area contributed by atoms with Gasteiger partial charge in [-0.15, -0.1) is 0 Å². The normalized spacial score (nSPS) is 13.9. The van der Waals surface area contributed by atoms with Gasteiger partial charge in [0.15, 0.2) is 6.29 Å². The molecule has 0 saturated heterocycles. The molecular weight excluding hydrogens is 272 g/mol. The highest BCUT2D eigenvalue weighted by Gasteiger charge is 2.28. The van der Waals surface area contributed by atoms with Crippen molar-refractivity contribution in [3.05, 3.63) is 62.4 Å². The minimum atomic E-state index is -0.465. The first-order valence-corrected chi connectivity index (χ1v) is 6.57. The summed E-state index contributed by atoms with van der Waals surface area (Å²) in [5.74, 6) is 0. The zero-order valence-corrected chi connectivity index (χ0v) is 11.1. The molecule has 0 N–H and O–H groups in total. The Morgan fingerprint density at radius 1 is 1.14 bits per heavy atom. The number of carbonyl (C=O) groups is 1. The van der Waals surface area contributed by atoms with E-state index in [2.05, 4.69) is 0 Å². The van der Waals surface area contributed by atoms with Crippen LogP contribution >= 0.6 is 0 Å². The van der Waals surface area contributed by atoms with Gasteiger partial charge in [0.25, 0.3) is 11.2 Å². The molecule has 6 nitrogen and oxygen atoms in total. The Morgan fingerprint density at radius 3 is 2.33 bits per heavy atom. The Kier molecular flexibility index (Phi) is 3.13. The SMILES string of the molecule is O=Cc1ccc(-c2ccc([N+](=O)[O-])cc2)n(C2CC2)c1=O. The molecule has 1 aliphatic carbocycles. The number of rotatable bonds is 4. The molecule has 0 bridgehead atoms. The molecule has 0 unspecified atom stereocenters.